The minimum atomic E-state index is -0.284. The van der Waals surface area contributed by atoms with Crippen LogP contribution < -0.4 is 5.32 Å². The number of amides is 1. The molecule has 0 saturated carbocycles. The molecule has 120 valence electrons. The molecule has 0 aliphatic rings. The molecule has 1 aromatic heterocycles. The van der Waals surface area contributed by atoms with E-state index in [9.17, 15) is 9.59 Å². The number of nitrogens with one attached hydrogen (secondary N) is 1. The van der Waals surface area contributed by atoms with Gasteiger partial charge in [0.1, 0.15) is 0 Å². The average molecular weight is 353 g/mol. The number of anilines is 1. The molecule has 0 fully saturated rings. The molecule has 0 saturated heterocycles. The van der Waals surface area contributed by atoms with Crippen LogP contribution in [0.25, 0.3) is 0 Å². The van der Waals surface area contributed by atoms with Crippen LogP contribution in [-0.2, 0) is 0 Å². The number of ketones is 1. The highest BCUT2D eigenvalue weighted by Crippen LogP contribution is 2.22. The van der Waals surface area contributed by atoms with Gasteiger partial charge in [-0.3, -0.25) is 9.59 Å². The Hall–Kier alpha value is -2.37. The summed E-state index contributed by atoms with van der Waals surface area (Å²) in [6.07, 6.45) is 1.98. The highest BCUT2D eigenvalue weighted by molar-refractivity contribution is 7.98. The number of hydrogen-bond acceptors (Lipinski definition) is 4. The summed E-state index contributed by atoms with van der Waals surface area (Å²) in [6, 6.07) is 18.1. The van der Waals surface area contributed by atoms with Crippen molar-refractivity contribution in [1.29, 1.82) is 0 Å². The lowest BCUT2D eigenvalue weighted by atomic mass is 10.0. The van der Waals surface area contributed by atoms with E-state index in [1.54, 1.807) is 42.1 Å². The highest BCUT2D eigenvalue weighted by Gasteiger charge is 2.18. The summed E-state index contributed by atoms with van der Waals surface area (Å²) < 4.78 is 0. The Bertz CT molecular complexity index is 873. The molecule has 0 aliphatic heterocycles. The molecular weight excluding hydrogens is 338 g/mol. The third-order valence-electron chi connectivity index (χ3n) is 3.49. The first kappa shape index (κ1) is 16.5. The number of benzene rings is 2. The van der Waals surface area contributed by atoms with Gasteiger partial charge in [0, 0.05) is 16.1 Å². The number of carbonyl (C=O) groups is 2. The zero-order valence-electron chi connectivity index (χ0n) is 13.0. The Morgan fingerprint density at radius 3 is 2.46 bits per heavy atom. The lowest BCUT2D eigenvalue weighted by molar-refractivity contribution is 0.0998. The minimum absolute atomic E-state index is 0.131. The van der Waals surface area contributed by atoms with Gasteiger partial charge in [-0.1, -0.05) is 30.3 Å². The summed E-state index contributed by atoms with van der Waals surface area (Å²) in [5.41, 5.74) is 1.51. The maximum absolute atomic E-state index is 12.6. The van der Waals surface area contributed by atoms with E-state index >= 15 is 0 Å². The average Bonchev–Trinajstić information content (AvgIpc) is 3.16. The van der Waals surface area contributed by atoms with Crippen LogP contribution >= 0.6 is 23.1 Å². The number of rotatable bonds is 5. The smallest absolute Gasteiger partial charge is 0.256 e. The van der Waals surface area contributed by atoms with Gasteiger partial charge >= 0.3 is 0 Å². The Kier molecular flexibility index (Phi) is 5.13. The first-order valence-corrected chi connectivity index (χ1v) is 9.42. The third-order valence-corrected chi connectivity index (χ3v) is 5.08. The topological polar surface area (TPSA) is 46.2 Å². The van der Waals surface area contributed by atoms with Crippen LogP contribution in [0.5, 0.6) is 0 Å². The predicted octanol–water partition coefficient (Wildman–Crippen LogP) is 4.95. The fourth-order valence-electron chi connectivity index (χ4n) is 2.32. The Labute approximate surface area is 148 Å². The van der Waals surface area contributed by atoms with Crippen LogP contribution in [0.15, 0.2) is 70.9 Å². The fourth-order valence-corrected chi connectivity index (χ4v) is 3.46. The van der Waals surface area contributed by atoms with Gasteiger partial charge in [-0.2, -0.15) is 0 Å². The standard InChI is InChI=1S/C19H15NO2S2/c1-23-14-7-4-6-13(12-14)20-19(22)16-9-3-2-8-15(16)18(21)17-10-5-11-24-17/h2-12H,1H3,(H,20,22). The largest absolute Gasteiger partial charge is 0.322 e. The van der Waals surface area contributed by atoms with Gasteiger partial charge in [0.15, 0.2) is 0 Å². The predicted molar refractivity (Wildman–Crippen MR) is 100 cm³/mol. The monoisotopic (exact) mass is 353 g/mol. The molecule has 0 atom stereocenters. The van der Waals surface area contributed by atoms with E-state index in [1.807, 2.05) is 42.0 Å². The molecule has 3 rings (SSSR count). The van der Waals surface area contributed by atoms with Crippen molar-refractivity contribution in [3.8, 4) is 0 Å². The normalized spacial score (nSPS) is 10.4. The second-order valence-corrected chi connectivity index (χ2v) is 6.87. The minimum Gasteiger partial charge on any atom is -0.322 e. The lowest BCUT2D eigenvalue weighted by Crippen LogP contribution is -2.16. The molecular formula is C19H15NO2S2. The maximum atomic E-state index is 12.6. The molecule has 0 unspecified atom stereocenters. The quantitative estimate of drug-likeness (QED) is 0.521. The van der Waals surface area contributed by atoms with Gasteiger partial charge in [0.05, 0.1) is 10.4 Å². The molecule has 1 heterocycles. The van der Waals surface area contributed by atoms with Crippen molar-refractivity contribution in [2.45, 2.75) is 4.90 Å². The highest BCUT2D eigenvalue weighted by atomic mass is 32.2. The van der Waals surface area contributed by atoms with E-state index in [0.717, 1.165) is 4.90 Å². The molecule has 5 heteroatoms. The summed E-state index contributed by atoms with van der Waals surface area (Å²) in [5, 5.41) is 4.72. The van der Waals surface area contributed by atoms with Crippen molar-refractivity contribution in [3.05, 3.63) is 82.0 Å². The van der Waals surface area contributed by atoms with E-state index in [1.165, 1.54) is 11.3 Å². The van der Waals surface area contributed by atoms with Crippen molar-refractivity contribution in [3.63, 3.8) is 0 Å². The van der Waals surface area contributed by atoms with Crippen LogP contribution in [0.4, 0.5) is 5.69 Å². The first-order chi connectivity index (χ1) is 11.7. The summed E-state index contributed by atoms with van der Waals surface area (Å²) in [5.74, 6) is -0.414. The SMILES string of the molecule is CSc1cccc(NC(=O)c2ccccc2C(=O)c2cccs2)c1. The van der Waals surface area contributed by atoms with Crippen molar-refractivity contribution in [2.24, 2.45) is 0 Å². The van der Waals surface area contributed by atoms with Crippen molar-refractivity contribution >= 4 is 40.5 Å². The molecule has 0 spiro atoms. The number of hydrogen-bond donors (Lipinski definition) is 1. The van der Waals surface area contributed by atoms with Crippen LogP contribution in [0.2, 0.25) is 0 Å². The van der Waals surface area contributed by atoms with E-state index in [0.29, 0.717) is 21.7 Å². The molecule has 3 nitrogen and oxygen atoms in total. The third kappa shape index (κ3) is 3.58. The molecule has 3 aromatic rings. The summed E-state index contributed by atoms with van der Waals surface area (Å²) in [4.78, 5) is 26.9. The summed E-state index contributed by atoms with van der Waals surface area (Å²) in [7, 11) is 0. The Morgan fingerprint density at radius 1 is 0.958 bits per heavy atom. The van der Waals surface area contributed by atoms with E-state index in [-0.39, 0.29) is 11.7 Å². The van der Waals surface area contributed by atoms with E-state index in [4.69, 9.17) is 0 Å². The van der Waals surface area contributed by atoms with Crippen molar-refractivity contribution in [2.75, 3.05) is 11.6 Å². The van der Waals surface area contributed by atoms with Gasteiger partial charge in [-0.15, -0.1) is 23.1 Å². The molecule has 0 aliphatic carbocycles. The van der Waals surface area contributed by atoms with Gasteiger partial charge in [-0.25, -0.2) is 0 Å². The van der Waals surface area contributed by atoms with E-state index < -0.39 is 0 Å². The molecule has 24 heavy (non-hydrogen) atoms. The number of thioether (sulfide) groups is 1. The molecule has 0 bridgehead atoms. The zero-order valence-corrected chi connectivity index (χ0v) is 14.6. The summed E-state index contributed by atoms with van der Waals surface area (Å²) >= 11 is 2.98. The molecule has 0 radical (unpaired) electrons. The van der Waals surface area contributed by atoms with Gasteiger partial charge in [0.25, 0.3) is 5.91 Å². The van der Waals surface area contributed by atoms with Gasteiger partial charge in [-0.05, 0) is 42.0 Å². The van der Waals surface area contributed by atoms with Gasteiger partial charge in [0.2, 0.25) is 5.78 Å². The van der Waals surface area contributed by atoms with Crippen molar-refractivity contribution < 1.29 is 9.59 Å². The fraction of sp³-hybridized carbons (Fsp3) is 0.0526. The lowest BCUT2D eigenvalue weighted by Gasteiger charge is -2.10. The van der Waals surface area contributed by atoms with Crippen LogP contribution in [0.3, 0.4) is 0 Å². The second kappa shape index (κ2) is 7.47. The van der Waals surface area contributed by atoms with Gasteiger partial charge < -0.3 is 5.32 Å². The molecule has 1 N–H and O–H groups in total. The van der Waals surface area contributed by atoms with Crippen LogP contribution in [0, 0.1) is 0 Å². The second-order valence-electron chi connectivity index (χ2n) is 5.04. The first-order valence-electron chi connectivity index (χ1n) is 7.31. The number of thiophene rings is 1. The summed E-state index contributed by atoms with van der Waals surface area (Å²) in [6.45, 7) is 0. The zero-order chi connectivity index (χ0) is 16.9. The van der Waals surface area contributed by atoms with Crippen molar-refractivity contribution in [1.82, 2.24) is 0 Å². The van der Waals surface area contributed by atoms with E-state index in [2.05, 4.69) is 5.32 Å². The number of carbonyl (C=O) groups excluding carboxylic acids is 2. The Morgan fingerprint density at radius 2 is 1.75 bits per heavy atom. The maximum Gasteiger partial charge on any atom is 0.256 e. The van der Waals surface area contributed by atoms with Crippen LogP contribution in [0.1, 0.15) is 25.6 Å². The Balaban J connectivity index is 1.89. The molecule has 2 aromatic carbocycles. The van der Waals surface area contributed by atoms with Crippen LogP contribution in [-0.4, -0.2) is 17.9 Å². The molecule has 1 amide bonds.